The van der Waals surface area contributed by atoms with Crippen LogP contribution in [-0.4, -0.2) is 24.1 Å². The maximum Gasteiger partial charge on any atom is 0.166 e. The fourth-order valence-electron chi connectivity index (χ4n) is 2.36. The third-order valence-corrected chi connectivity index (χ3v) is 4.05. The van der Waals surface area contributed by atoms with Crippen LogP contribution in [0.15, 0.2) is 16.7 Å². The van der Waals surface area contributed by atoms with Gasteiger partial charge >= 0.3 is 0 Å². The normalized spacial score (nSPS) is 22.8. The number of nitrogens with zero attached hydrogens (tertiary/aromatic N) is 1. The molecule has 1 aliphatic heterocycles. The van der Waals surface area contributed by atoms with Gasteiger partial charge in [0.1, 0.15) is 0 Å². The van der Waals surface area contributed by atoms with Crippen molar-refractivity contribution in [2.75, 3.05) is 18.4 Å². The number of aromatic nitrogens is 1. The van der Waals surface area contributed by atoms with Gasteiger partial charge < -0.3 is 10.6 Å². The molecule has 3 nitrogen and oxygen atoms in total. The average molecular weight is 316 g/mol. The molecular formula is C13H19BrFN3. The molecule has 0 aromatic carbocycles. The molecule has 1 unspecified atom stereocenters. The molecule has 1 aromatic rings. The fraction of sp³-hybridized carbons (Fsp3) is 0.615. The van der Waals surface area contributed by atoms with Gasteiger partial charge in [-0.1, -0.05) is 13.8 Å². The number of pyridine rings is 1. The van der Waals surface area contributed by atoms with E-state index in [-0.39, 0.29) is 11.2 Å². The number of nitrogens with one attached hydrogen (secondary N) is 2. The summed E-state index contributed by atoms with van der Waals surface area (Å²) in [5, 5.41) is 6.58. The highest BCUT2D eigenvalue weighted by atomic mass is 79.9. The number of hydrogen-bond donors (Lipinski definition) is 2. The number of piperidine rings is 1. The molecule has 2 heterocycles. The summed E-state index contributed by atoms with van der Waals surface area (Å²) in [6, 6.07) is 1.77. The molecule has 0 radical (unpaired) electrons. The predicted octanol–water partition coefficient (Wildman–Crippen LogP) is 3.17. The lowest BCUT2D eigenvalue weighted by Crippen LogP contribution is -2.50. The molecule has 1 aliphatic rings. The van der Waals surface area contributed by atoms with E-state index in [1.54, 1.807) is 6.20 Å². The van der Waals surface area contributed by atoms with Crippen molar-refractivity contribution in [3.8, 4) is 0 Å². The summed E-state index contributed by atoms with van der Waals surface area (Å²) in [6.07, 6.45) is 4.00. The molecule has 0 bridgehead atoms. The quantitative estimate of drug-likeness (QED) is 0.899. The number of rotatable bonds is 3. The highest BCUT2D eigenvalue weighted by Crippen LogP contribution is 2.30. The van der Waals surface area contributed by atoms with Gasteiger partial charge in [-0.15, -0.1) is 0 Å². The number of halogens is 2. The third kappa shape index (κ3) is 3.20. The van der Waals surface area contributed by atoms with E-state index in [0.717, 1.165) is 6.54 Å². The first-order chi connectivity index (χ1) is 8.49. The molecule has 1 aromatic heterocycles. The van der Waals surface area contributed by atoms with E-state index in [2.05, 4.69) is 45.4 Å². The standard InChI is InChI=1S/C13H19BrFN3/c1-13(2)4-3-5-16-11(13)8-18-12-10(15)6-9(14)7-17-12/h6-7,11,16H,3-5,8H2,1-2H3,(H,17,18). The van der Waals surface area contributed by atoms with Crippen molar-refractivity contribution in [1.82, 2.24) is 10.3 Å². The minimum Gasteiger partial charge on any atom is -0.366 e. The highest BCUT2D eigenvalue weighted by Gasteiger charge is 2.31. The summed E-state index contributed by atoms with van der Waals surface area (Å²) in [4.78, 5) is 4.05. The minimum absolute atomic E-state index is 0.233. The van der Waals surface area contributed by atoms with Gasteiger partial charge in [0.2, 0.25) is 0 Å². The minimum atomic E-state index is -0.321. The molecule has 100 valence electrons. The Morgan fingerprint density at radius 1 is 1.61 bits per heavy atom. The van der Waals surface area contributed by atoms with Crippen LogP contribution in [0.25, 0.3) is 0 Å². The van der Waals surface area contributed by atoms with E-state index in [1.165, 1.54) is 18.9 Å². The second-order valence-electron chi connectivity index (χ2n) is 5.46. The molecule has 2 N–H and O–H groups in total. The lowest BCUT2D eigenvalue weighted by molar-refractivity contribution is 0.188. The highest BCUT2D eigenvalue weighted by molar-refractivity contribution is 9.10. The first-order valence-corrected chi connectivity index (χ1v) is 7.07. The van der Waals surface area contributed by atoms with E-state index in [4.69, 9.17) is 0 Å². The van der Waals surface area contributed by atoms with E-state index in [0.29, 0.717) is 22.9 Å². The van der Waals surface area contributed by atoms with Crippen LogP contribution in [0.3, 0.4) is 0 Å². The van der Waals surface area contributed by atoms with Crippen LogP contribution in [0.5, 0.6) is 0 Å². The van der Waals surface area contributed by atoms with Gasteiger partial charge in [-0.05, 0) is 46.8 Å². The summed E-state index contributed by atoms with van der Waals surface area (Å²) in [5.74, 6) is -0.000589. The molecular weight excluding hydrogens is 297 g/mol. The van der Waals surface area contributed by atoms with Crippen LogP contribution < -0.4 is 10.6 Å². The monoisotopic (exact) mass is 315 g/mol. The Bertz CT molecular complexity index is 423. The third-order valence-electron chi connectivity index (χ3n) is 3.61. The molecule has 5 heteroatoms. The van der Waals surface area contributed by atoms with Crippen LogP contribution in [0, 0.1) is 11.2 Å². The maximum absolute atomic E-state index is 13.6. The van der Waals surface area contributed by atoms with Crippen LogP contribution >= 0.6 is 15.9 Å². The molecule has 2 rings (SSSR count). The van der Waals surface area contributed by atoms with Crippen LogP contribution in [-0.2, 0) is 0 Å². The Labute approximate surface area is 116 Å². The SMILES string of the molecule is CC1(C)CCCNC1CNc1ncc(Br)cc1F. The van der Waals surface area contributed by atoms with Crippen LogP contribution in [0.2, 0.25) is 0 Å². The van der Waals surface area contributed by atoms with Gasteiger partial charge in [-0.25, -0.2) is 9.37 Å². The van der Waals surface area contributed by atoms with Crippen LogP contribution in [0.4, 0.5) is 10.2 Å². The van der Waals surface area contributed by atoms with Gasteiger partial charge in [-0.2, -0.15) is 0 Å². The van der Waals surface area contributed by atoms with Gasteiger partial charge in [0.25, 0.3) is 0 Å². The topological polar surface area (TPSA) is 37.0 Å². The van der Waals surface area contributed by atoms with Gasteiger partial charge in [0, 0.05) is 23.3 Å². The van der Waals surface area contributed by atoms with Crippen molar-refractivity contribution in [3.63, 3.8) is 0 Å². The molecule has 1 fully saturated rings. The van der Waals surface area contributed by atoms with Crippen molar-refractivity contribution in [2.24, 2.45) is 5.41 Å². The van der Waals surface area contributed by atoms with Crippen LogP contribution in [0.1, 0.15) is 26.7 Å². The Hall–Kier alpha value is -0.680. The summed E-state index contributed by atoms with van der Waals surface area (Å²) in [6.45, 7) is 6.22. The summed E-state index contributed by atoms with van der Waals surface area (Å²) < 4.78 is 14.3. The Kier molecular flexibility index (Phi) is 4.22. The summed E-state index contributed by atoms with van der Waals surface area (Å²) in [7, 11) is 0. The largest absolute Gasteiger partial charge is 0.366 e. The smallest absolute Gasteiger partial charge is 0.166 e. The zero-order valence-electron chi connectivity index (χ0n) is 10.8. The average Bonchev–Trinajstić information content (AvgIpc) is 2.29. The summed E-state index contributed by atoms with van der Waals surface area (Å²) >= 11 is 3.20. The van der Waals surface area contributed by atoms with Crippen molar-refractivity contribution in [3.05, 3.63) is 22.6 Å². The molecule has 1 saturated heterocycles. The Morgan fingerprint density at radius 2 is 2.39 bits per heavy atom. The summed E-state index contributed by atoms with van der Waals surface area (Å²) in [5.41, 5.74) is 0.233. The van der Waals surface area contributed by atoms with E-state index >= 15 is 0 Å². The Morgan fingerprint density at radius 3 is 3.06 bits per heavy atom. The lowest BCUT2D eigenvalue weighted by Gasteiger charge is -2.39. The second kappa shape index (κ2) is 5.53. The zero-order chi connectivity index (χ0) is 13.2. The lowest BCUT2D eigenvalue weighted by atomic mass is 9.77. The molecule has 0 spiro atoms. The number of hydrogen-bond acceptors (Lipinski definition) is 3. The first kappa shape index (κ1) is 13.7. The Balaban J connectivity index is 1.98. The van der Waals surface area contributed by atoms with Crippen molar-refractivity contribution >= 4 is 21.7 Å². The molecule has 18 heavy (non-hydrogen) atoms. The molecule has 1 atom stereocenters. The van der Waals surface area contributed by atoms with Gasteiger partial charge in [0.05, 0.1) is 0 Å². The number of anilines is 1. The molecule has 0 amide bonds. The van der Waals surface area contributed by atoms with Gasteiger partial charge in [-0.3, -0.25) is 0 Å². The first-order valence-electron chi connectivity index (χ1n) is 6.27. The molecule has 0 saturated carbocycles. The molecule has 0 aliphatic carbocycles. The van der Waals surface area contributed by atoms with E-state index in [1.807, 2.05) is 0 Å². The van der Waals surface area contributed by atoms with E-state index in [9.17, 15) is 4.39 Å². The fourth-order valence-corrected chi connectivity index (χ4v) is 2.67. The van der Waals surface area contributed by atoms with Crippen molar-refractivity contribution < 1.29 is 4.39 Å². The second-order valence-corrected chi connectivity index (χ2v) is 6.38. The van der Waals surface area contributed by atoms with E-state index < -0.39 is 0 Å². The zero-order valence-corrected chi connectivity index (χ0v) is 12.3. The van der Waals surface area contributed by atoms with Crippen molar-refractivity contribution in [2.45, 2.75) is 32.7 Å². The maximum atomic E-state index is 13.6. The van der Waals surface area contributed by atoms with Gasteiger partial charge in [0.15, 0.2) is 11.6 Å². The predicted molar refractivity (Wildman–Crippen MR) is 75.2 cm³/mol. The van der Waals surface area contributed by atoms with Crippen molar-refractivity contribution in [1.29, 1.82) is 0 Å².